The van der Waals surface area contributed by atoms with Crippen molar-refractivity contribution in [3.05, 3.63) is 41.7 Å². The lowest BCUT2D eigenvalue weighted by molar-refractivity contribution is 0.768. The van der Waals surface area contributed by atoms with Gasteiger partial charge in [-0.2, -0.15) is 10.4 Å². The van der Waals surface area contributed by atoms with Crippen molar-refractivity contribution in [2.24, 2.45) is 7.05 Å². The first-order valence-corrected chi connectivity index (χ1v) is 4.95. The Morgan fingerprint density at radius 2 is 2.25 bits per heavy atom. The van der Waals surface area contributed by atoms with E-state index in [2.05, 4.69) is 16.5 Å². The molecule has 1 aromatic carbocycles. The van der Waals surface area contributed by atoms with Crippen LogP contribution in [-0.2, 0) is 7.05 Å². The zero-order valence-electron chi connectivity index (χ0n) is 9.23. The Labute approximate surface area is 94.1 Å². The molecule has 1 aromatic heterocycles. The van der Waals surface area contributed by atoms with Crippen LogP contribution in [0.25, 0.3) is 0 Å². The normalized spacial score (nSPS) is 9.81. The number of hydrogen-bond acceptors (Lipinski definition) is 3. The van der Waals surface area contributed by atoms with E-state index in [9.17, 15) is 0 Å². The fraction of sp³-hybridized carbons (Fsp3) is 0.167. The maximum atomic E-state index is 8.98. The molecule has 0 unspecified atom stereocenters. The number of aromatic nitrogens is 2. The van der Waals surface area contributed by atoms with Crippen LogP contribution in [0, 0.1) is 18.3 Å². The second-order valence-corrected chi connectivity index (χ2v) is 3.69. The number of nitrogens with one attached hydrogen (secondary N) is 1. The molecule has 0 fully saturated rings. The lowest BCUT2D eigenvalue weighted by Crippen LogP contribution is -1.93. The van der Waals surface area contributed by atoms with E-state index in [4.69, 9.17) is 5.26 Å². The van der Waals surface area contributed by atoms with E-state index >= 15 is 0 Å². The molecule has 0 bridgehead atoms. The Kier molecular flexibility index (Phi) is 2.61. The molecule has 16 heavy (non-hydrogen) atoms. The van der Waals surface area contributed by atoms with Crippen molar-refractivity contribution < 1.29 is 0 Å². The summed E-state index contributed by atoms with van der Waals surface area (Å²) in [7, 11) is 1.85. The second kappa shape index (κ2) is 4.07. The minimum absolute atomic E-state index is 0.634. The van der Waals surface area contributed by atoms with Gasteiger partial charge in [-0.05, 0) is 24.6 Å². The number of benzene rings is 1. The van der Waals surface area contributed by atoms with Gasteiger partial charge >= 0.3 is 0 Å². The third kappa shape index (κ3) is 2.04. The van der Waals surface area contributed by atoms with Crippen LogP contribution in [-0.4, -0.2) is 9.78 Å². The van der Waals surface area contributed by atoms with Gasteiger partial charge in [0.1, 0.15) is 6.07 Å². The zero-order valence-corrected chi connectivity index (χ0v) is 9.23. The molecule has 0 aliphatic carbocycles. The molecular weight excluding hydrogens is 200 g/mol. The Morgan fingerprint density at radius 3 is 2.88 bits per heavy atom. The van der Waals surface area contributed by atoms with Crippen molar-refractivity contribution in [3.8, 4) is 6.07 Å². The van der Waals surface area contributed by atoms with Crippen LogP contribution in [0.4, 0.5) is 11.4 Å². The average Bonchev–Trinajstić information content (AvgIpc) is 2.64. The summed E-state index contributed by atoms with van der Waals surface area (Å²) in [5.41, 5.74) is 3.44. The first kappa shape index (κ1) is 10.2. The van der Waals surface area contributed by atoms with Gasteiger partial charge in [0, 0.05) is 13.2 Å². The molecule has 0 spiro atoms. The third-order valence-corrected chi connectivity index (χ3v) is 2.28. The Hall–Kier alpha value is -2.28. The van der Waals surface area contributed by atoms with E-state index in [1.165, 1.54) is 0 Å². The minimum Gasteiger partial charge on any atom is -0.352 e. The lowest BCUT2D eigenvalue weighted by Gasteiger charge is -2.06. The van der Waals surface area contributed by atoms with Crippen molar-refractivity contribution in [1.29, 1.82) is 5.26 Å². The molecule has 1 heterocycles. The first-order valence-electron chi connectivity index (χ1n) is 4.95. The van der Waals surface area contributed by atoms with Gasteiger partial charge in [-0.3, -0.25) is 4.68 Å². The van der Waals surface area contributed by atoms with Gasteiger partial charge in [-0.15, -0.1) is 0 Å². The Morgan fingerprint density at radius 1 is 1.44 bits per heavy atom. The average molecular weight is 212 g/mol. The molecule has 0 saturated heterocycles. The molecule has 0 atom stereocenters. The van der Waals surface area contributed by atoms with E-state index in [0.29, 0.717) is 5.56 Å². The molecule has 2 aromatic rings. The highest BCUT2D eigenvalue weighted by atomic mass is 15.3. The third-order valence-electron chi connectivity index (χ3n) is 2.28. The minimum atomic E-state index is 0.634. The summed E-state index contributed by atoms with van der Waals surface area (Å²) in [5.74, 6) is 0. The maximum Gasteiger partial charge on any atom is 0.101 e. The predicted octanol–water partition coefficient (Wildman–Crippen LogP) is 2.34. The van der Waals surface area contributed by atoms with Gasteiger partial charge < -0.3 is 5.32 Å². The van der Waals surface area contributed by atoms with Crippen molar-refractivity contribution in [2.75, 3.05) is 5.32 Å². The van der Waals surface area contributed by atoms with Crippen LogP contribution >= 0.6 is 0 Å². The topological polar surface area (TPSA) is 53.6 Å². The van der Waals surface area contributed by atoms with Gasteiger partial charge in [0.25, 0.3) is 0 Å². The molecule has 0 amide bonds. The standard InChI is InChI=1S/C12H12N4/c1-9-3-4-10(6-13)12(5-9)15-11-7-14-16(2)8-11/h3-5,7-8,15H,1-2H3. The molecule has 2 rings (SSSR count). The zero-order chi connectivity index (χ0) is 11.5. The Balaban J connectivity index is 2.34. The summed E-state index contributed by atoms with van der Waals surface area (Å²) in [6.07, 6.45) is 3.59. The summed E-state index contributed by atoms with van der Waals surface area (Å²) in [6, 6.07) is 7.85. The van der Waals surface area contributed by atoms with Crippen molar-refractivity contribution in [3.63, 3.8) is 0 Å². The van der Waals surface area contributed by atoms with E-state index in [1.54, 1.807) is 10.9 Å². The molecular formula is C12H12N4. The summed E-state index contributed by atoms with van der Waals surface area (Å²) in [4.78, 5) is 0. The van der Waals surface area contributed by atoms with Crippen LogP contribution in [0.1, 0.15) is 11.1 Å². The monoisotopic (exact) mass is 212 g/mol. The van der Waals surface area contributed by atoms with Crippen LogP contribution in [0.15, 0.2) is 30.6 Å². The van der Waals surface area contributed by atoms with Crippen molar-refractivity contribution in [1.82, 2.24) is 9.78 Å². The van der Waals surface area contributed by atoms with E-state index in [0.717, 1.165) is 16.9 Å². The number of rotatable bonds is 2. The van der Waals surface area contributed by atoms with Crippen LogP contribution < -0.4 is 5.32 Å². The fourth-order valence-electron chi connectivity index (χ4n) is 1.50. The summed E-state index contributed by atoms with van der Waals surface area (Å²) in [6.45, 7) is 2.00. The molecule has 0 aliphatic rings. The highest BCUT2D eigenvalue weighted by molar-refractivity contribution is 5.66. The quantitative estimate of drug-likeness (QED) is 0.831. The van der Waals surface area contributed by atoms with Gasteiger partial charge in [0.15, 0.2) is 0 Å². The SMILES string of the molecule is Cc1ccc(C#N)c(Nc2cnn(C)c2)c1. The number of hydrogen-bond donors (Lipinski definition) is 1. The molecule has 0 aliphatic heterocycles. The fourth-order valence-corrected chi connectivity index (χ4v) is 1.50. The van der Waals surface area contributed by atoms with Crippen molar-refractivity contribution >= 4 is 11.4 Å². The summed E-state index contributed by atoms with van der Waals surface area (Å²) >= 11 is 0. The van der Waals surface area contributed by atoms with E-state index < -0.39 is 0 Å². The Bertz CT molecular complexity index is 548. The predicted molar refractivity (Wildman–Crippen MR) is 62.4 cm³/mol. The van der Waals surface area contributed by atoms with E-state index in [-0.39, 0.29) is 0 Å². The molecule has 4 nitrogen and oxygen atoms in total. The highest BCUT2D eigenvalue weighted by Crippen LogP contribution is 2.21. The van der Waals surface area contributed by atoms with Gasteiger partial charge in [0.2, 0.25) is 0 Å². The van der Waals surface area contributed by atoms with Gasteiger partial charge in [-0.25, -0.2) is 0 Å². The van der Waals surface area contributed by atoms with Crippen LogP contribution in [0.2, 0.25) is 0 Å². The molecule has 80 valence electrons. The van der Waals surface area contributed by atoms with Gasteiger partial charge in [-0.1, -0.05) is 6.07 Å². The lowest BCUT2D eigenvalue weighted by atomic mass is 10.1. The smallest absolute Gasteiger partial charge is 0.101 e. The first-order chi connectivity index (χ1) is 7.69. The second-order valence-electron chi connectivity index (χ2n) is 3.69. The van der Waals surface area contributed by atoms with E-state index in [1.807, 2.05) is 38.4 Å². The number of nitriles is 1. The number of aryl methyl sites for hydroxylation is 2. The molecule has 0 radical (unpaired) electrons. The summed E-state index contributed by atoms with van der Waals surface area (Å²) in [5, 5.41) is 16.2. The number of anilines is 2. The molecule has 0 saturated carbocycles. The van der Waals surface area contributed by atoms with Gasteiger partial charge in [0.05, 0.1) is 23.1 Å². The van der Waals surface area contributed by atoms with Crippen LogP contribution in [0.5, 0.6) is 0 Å². The van der Waals surface area contributed by atoms with Crippen LogP contribution in [0.3, 0.4) is 0 Å². The largest absolute Gasteiger partial charge is 0.352 e. The highest BCUT2D eigenvalue weighted by Gasteiger charge is 2.03. The maximum absolute atomic E-state index is 8.98. The molecule has 1 N–H and O–H groups in total. The molecule has 4 heteroatoms. The number of nitrogens with zero attached hydrogens (tertiary/aromatic N) is 3. The van der Waals surface area contributed by atoms with Crippen molar-refractivity contribution in [2.45, 2.75) is 6.92 Å². The summed E-state index contributed by atoms with van der Waals surface area (Å²) < 4.78 is 1.71.